The molecule has 0 spiro atoms. The van der Waals surface area contributed by atoms with Crippen LogP contribution in [0.4, 0.5) is 5.69 Å². The fourth-order valence-corrected chi connectivity index (χ4v) is 4.74. The number of hydrogen-bond acceptors (Lipinski definition) is 4. The number of para-hydroxylation sites is 1. The van der Waals surface area contributed by atoms with Gasteiger partial charge in [0.25, 0.3) is 15.6 Å². The number of sulfonamides is 1. The lowest BCUT2D eigenvalue weighted by molar-refractivity contribution is 0.601. The SMILES string of the molecule is Cc1ccc(S(=O)(=O)Nc2ccccc2-c2nc3cc4ccccc4cc3[nH]c2=O)cc1. The summed E-state index contributed by atoms with van der Waals surface area (Å²) in [5, 5.41) is 2.00. The van der Waals surface area contributed by atoms with E-state index in [1.165, 1.54) is 0 Å². The van der Waals surface area contributed by atoms with Crippen LogP contribution in [0.25, 0.3) is 33.1 Å². The first-order chi connectivity index (χ1) is 15.4. The Kier molecular flexibility index (Phi) is 4.75. The molecule has 0 saturated heterocycles. The number of aromatic nitrogens is 2. The number of nitrogens with zero attached hydrogens (tertiary/aromatic N) is 1. The third kappa shape index (κ3) is 3.63. The van der Waals surface area contributed by atoms with E-state index in [1.807, 2.05) is 43.3 Å². The maximum absolute atomic E-state index is 12.9. The number of rotatable bonds is 4. The molecule has 4 aromatic carbocycles. The molecule has 6 nitrogen and oxygen atoms in total. The highest BCUT2D eigenvalue weighted by molar-refractivity contribution is 7.92. The molecule has 0 aliphatic heterocycles. The second-order valence-corrected chi connectivity index (χ2v) is 9.28. The molecule has 0 aliphatic rings. The smallest absolute Gasteiger partial charge is 0.275 e. The molecule has 5 rings (SSSR count). The van der Waals surface area contributed by atoms with Gasteiger partial charge in [0.1, 0.15) is 5.69 Å². The van der Waals surface area contributed by atoms with Gasteiger partial charge in [0.15, 0.2) is 0 Å². The van der Waals surface area contributed by atoms with Crippen molar-refractivity contribution < 1.29 is 8.42 Å². The van der Waals surface area contributed by atoms with Gasteiger partial charge in [-0.05, 0) is 48.0 Å². The second-order valence-electron chi connectivity index (χ2n) is 7.60. The number of anilines is 1. The molecule has 0 amide bonds. The summed E-state index contributed by atoms with van der Waals surface area (Å²) in [5.41, 5.74) is 2.64. The van der Waals surface area contributed by atoms with E-state index in [4.69, 9.17) is 0 Å². The first kappa shape index (κ1) is 20.0. The van der Waals surface area contributed by atoms with Gasteiger partial charge in [-0.1, -0.05) is 60.2 Å². The van der Waals surface area contributed by atoms with Crippen LogP contribution in [0.3, 0.4) is 0 Å². The van der Waals surface area contributed by atoms with Crippen LogP contribution in [0.1, 0.15) is 5.56 Å². The lowest BCUT2D eigenvalue weighted by Crippen LogP contribution is -2.16. The fourth-order valence-electron chi connectivity index (χ4n) is 3.66. The Balaban J connectivity index is 1.63. The third-order valence-corrected chi connectivity index (χ3v) is 6.70. The number of H-pyrrole nitrogens is 1. The zero-order chi connectivity index (χ0) is 22.3. The molecule has 0 radical (unpaired) electrons. The molecule has 158 valence electrons. The molecule has 0 bridgehead atoms. The maximum atomic E-state index is 12.9. The highest BCUT2D eigenvalue weighted by atomic mass is 32.2. The third-order valence-electron chi connectivity index (χ3n) is 5.32. The van der Waals surface area contributed by atoms with Crippen LogP contribution in [-0.4, -0.2) is 18.4 Å². The molecule has 5 aromatic rings. The first-order valence-electron chi connectivity index (χ1n) is 10.0. The number of nitrogens with one attached hydrogen (secondary N) is 2. The van der Waals surface area contributed by atoms with E-state index in [2.05, 4.69) is 14.7 Å². The minimum Gasteiger partial charge on any atom is -0.319 e. The molecule has 7 heteroatoms. The minimum atomic E-state index is -3.83. The summed E-state index contributed by atoms with van der Waals surface area (Å²) in [6, 6.07) is 24.9. The number of aryl methyl sites for hydroxylation is 1. The highest BCUT2D eigenvalue weighted by Gasteiger charge is 2.18. The average molecular weight is 442 g/mol. The van der Waals surface area contributed by atoms with Crippen molar-refractivity contribution in [2.24, 2.45) is 0 Å². The van der Waals surface area contributed by atoms with Crippen molar-refractivity contribution in [3.05, 3.63) is 101 Å². The summed E-state index contributed by atoms with van der Waals surface area (Å²) < 4.78 is 28.5. The van der Waals surface area contributed by atoms with E-state index in [-0.39, 0.29) is 16.3 Å². The molecule has 0 aliphatic carbocycles. The summed E-state index contributed by atoms with van der Waals surface area (Å²) in [6.07, 6.45) is 0. The summed E-state index contributed by atoms with van der Waals surface area (Å²) in [5.74, 6) is 0. The van der Waals surface area contributed by atoms with E-state index < -0.39 is 15.6 Å². The van der Waals surface area contributed by atoms with Crippen LogP contribution in [0.5, 0.6) is 0 Å². The predicted molar refractivity (Wildman–Crippen MR) is 127 cm³/mol. The number of fused-ring (bicyclic) bond motifs is 2. The molecule has 1 aromatic heterocycles. The van der Waals surface area contributed by atoms with Gasteiger partial charge in [-0.2, -0.15) is 0 Å². The molecule has 0 unspecified atom stereocenters. The monoisotopic (exact) mass is 441 g/mol. The molecule has 0 fully saturated rings. The topological polar surface area (TPSA) is 91.9 Å². The first-order valence-corrected chi connectivity index (χ1v) is 11.5. The summed E-state index contributed by atoms with van der Waals surface area (Å²) in [7, 11) is -3.83. The van der Waals surface area contributed by atoms with Gasteiger partial charge in [0.05, 0.1) is 21.6 Å². The van der Waals surface area contributed by atoms with Crippen molar-refractivity contribution in [1.29, 1.82) is 0 Å². The Morgan fingerprint density at radius 1 is 0.844 bits per heavy atom. The largest absolute Gasteiger partial charge is 0.319 e. The molecular formula is C25H19N3O3S. The van der Waals surface area contributed by atoms with Gasteiger partial charge in [-0.3, -0.25) is 9.52 Å². The standard InChI is InChI=1S/C25H19N3O3S/c1-16-10-12-19(13-11-16)32(30,31)28-21-9-5-4-8-20(21)24-25(29)27-23-15-18-7-3-2-6-17(18)14-22(23)26-24/h2-15,28H,1H3,(H,27,29). The quantitative estimate of drug-likeness (QED) is 0.390. The van der Waals surface area contributed by atoms with E-state index >= 15 is 0 Å². The number of hydrogen-bond donors (Lipinski definition) is 2. The summed E-state index contributed by atoms with van der Waals surface area (Å²) in [6.45, 7) is 1.89. The highest BCUT2D eigenvalue weighted by Crippen LogP contribution is 2.28. The van der Waals surface area contributed by atoms with Crippen molar-refractivity contribution in [2.45, 2.75) is 11.8 Å². The normalized spacial score (nSPS) is 11.7. The summed E-state index contributed by atoms with van der Waals surface area (Å²) in [4.78, 5) is 20.5. The maximum Gasteiger partial charge on any atom is 0.275 e. The number of aromatic amines is 1. The van der Waals surface area contributed by atoms with Crippen LogP contribution in [0.2, 0.25) is 0 Å². The Bertz CT molecular complexity index is 1640. The van der Waals surface area contributed by atoms with Gasteiger partial charge in [0.2, 0.25) is 0 Å². The van der Waals surface area contributed by atoms with Crippen LogP contribution >= 0.6 is 0 Å². The van der Waals surface area contributed by atoms with Crippen molar-refractivity contribution in [3.8, 4) is 11.3 Å². The molecule has 0 atom stereocenters. The van der Waals surface area contributed by atoms with Crippen LogP contribution in [0, 0.1) is 6.92 Å². The van der Waals surface area contributed by atoms with Crippen molar-refractivity contribution in [1.82, 2.24) is 9.97 Å². The van der Waals surface area contributed by atoms with E-state index in [1.54, 1.807) is 48.5 Å². The molecular weight excluding hydrogens is 422 g/mol. The Hall–Kier alpha value is -3.97. The average Bonchev–Trinajstić information content (AvgIpc) is 2.78. The zero-order valence-corrected chi connectivity index (χ0v) is 18.0. The Morgan fingerprint density at radius 3 is 2.25 bits per heavy atom. The van der Waals surface area contributed by atoms with E-state index in [0.29, 0.717) is 16.6 Å². The Labute approximate surface area is 184 Å². The number of benzene rings is 4. The van der Waals surface area contributed by atoms with Gasteiger partial charge in [-0.15, -0.1) is 0 Å². The van der Waals surface area contributed by atoms with Crippen LogP contribution in [0.15, 0.2) is 94.6 Å². The lowest BCUT2D eigenvalue weighted by Gasteiger charge is -2.13. The summed E-state index contributed by atoms with van der Waals surface area (Å²) >= 11 is 0. The van der Waals surface area contributed by atoms with Gasteiger partial charge >= 0.3 is 0 Å². The lowest BCUT2D eigenvalue weighted by atomic mass is 10.1. The van der Waals surface area contributed by atoms with Crippen LogP contribution in [-0.2, 0) is 10.0 Å². The molecule has 0 saturated carbocycles. The molecule has 2 N–H and O–H groups in total. The van der Waals surface area contributed by atoms with Crippen molar-refractivity contribution in [3.63, 3.8) is 0 Å². The van der Waals surface area contributed by atoms with E-state index in [9.17, 15) is 13.2 Å². The van der Waals surface area contributed by atoms with Crippen LogP contribution < -0.4 is 10.3 Å². The predicted octanol–water partition coefficient (Wildman–Crippen LogP) is 4.85. The van der Waals surface area contributed by atoms with Crippen molar-refractivity contribution >= 4 is 37.5 Å². The van der Waals surface area contributed by atoms with Crippen molar-refractivity contribution in [2.75, 3.05) is 4.72 Å². The van der Waals surface area contributed by atoms with E-state index in [0.717, 1.165) is 16.3 Å². The molecule has 1 heterocycles. The Morgan fingerprint density at radius 2 is 1.50 bits per heavy atom. The van der Waals surface area contributed by atoms with Gasteiger partial charge < -0.3 is 4.98 Å². The molecule has 32 heavy (non-hydrogen) atoms. The van der Waals surface area contributed by atoms with Gasteiger partial charge in [-0.25, -0.2) is 13.4 Å². The van der Waals surface area contributed by atoms with Gasteiger partial charge in [0, 0.05) is 5.56 Å². The second kappa shape index (κ2) is 7.62. The fraction of sp³-hybridized carbons (Fsp3) is 0.0400. The zero-order valence-electron chi connectivity index (χ0n) is 17.2. The minimum absolute atomic E-state index is 0.143.